The minimum absolute atomic E-state index is 0.0664. The number of amides is 2. The van der Waals surface area contributed by atoms with E-state index < -0.39 is 0 Å². The van der Waals surface area contributed by atoms with Crippen molar-refractivity contribution in [2.24, 2.45) is 0 Å². The Labute approximate surface area is 83.6 Å². The summed E-state index contributed by atoms with van der Waals surface area (Å²) >= 11 is 0. The average molecular weight is 199 g/mol. The van der Waals surface area contributed by atoms with Gasteiger partial charge in [-0.05, 0) is 12.8 Å². The Morgan fingerprint density at radius 1 is 1.36 bits per heavy atom. The van der Waals surface area contributed by atoms with Crippen LogP contribution in [-0.4, -0.2) is 44.4 Å². The van der Waals surface area contributed by atoms with Crippen LogP contribution in [-0.2, 0) is 4.74 Å². The zero-order chi connectivity index (χ0) is 9.97. The first-order valence-corrected chi connectivity index (χ1v) is 5.10. The molecular formula is C9H17N3O2. The second-order valence-electron chi connectivity index (χ2n) is 3.93. The standard InChI is InChI=1S/C9H17N3O2/c1-14-8-5-10-4-7(8)12-9(13)11-6-2-3-6/h6-8,10H,2-5H2,1H3,(H2,11,12,13). The van der Waals surface area contributed by atoms with E-state index in [-0.39, 0.29) is 18.2 Å². The fourth-order valence-electron chi connectivity index (χ4n) is 1.67. The van der Waals surface area contributed by atoms with Crippen molar-refractivity contribution in [1.82, 2.24) is 16.0 Å². The third-order valence-corrected chi connectivity index (χ3v) is 2.69. The van der Waals surface area contributed by atoms with Gasteiger partial charge in [-0.3, -0.25) is 0 Å². The quantitative estimate of drug-likeness (QED) is 0.570. The maximum absolute atomic E-state index is 11.4. The van der Waals surface area contributed by atoms with E-state index >= 15 is 0 Å². The summed E-state index contributed by atoms with van der Waals surface area (Å²) in [6.07, 6.45) is 2.33. The lowest BCUT2D eigenvalue weighted by Crippen LogP contribution is -2.48. The van der Waals surface area contributed by atoms with E-state index in [1.807, 2.05) is 0 Å². The van der Waals surface area contributed by atoms with Crippen molar-refractivity contribution in [3.63, 3.8) is 0 Å². The van der Waals surface area contributed by atoms with Crippen molar-refractivity contribution in [2.45, 2.75) is 31.0 Å². The molecule has 2 aliphatic rings. The van der Waals surface area contributed by atoms with Crippen molar-refractivity contribution < 1.29 is 9.53 Å². The van der Waals surface area contributed by atoms with Gasteiger partial charge in [0.05, 0.1) is 12.1 Å². The van der Waals surface area contributed by atoms with Crippen molar-refractivity contribution in [3.8, 4) is 0 Å². The summed E-state index contributed by atoms with van der Waals surface area (Å²) in [7, 11) is 1.67. The van der Waals surface area contributed by atoms with Crippen LogP contribution in [0.15, 0.2) is 0 Å². The molecule has 80 valence electrons. The van der Waals surface area contributed by atoms with Gasteiger partial charge in [0.2, 0.25) is 0 Å². The van der Waals surface area contributed by atoms with E-state index in [1.54, 1.807) is 7.11 Å². The van der Waals surface area contributed by atoms with Gasteiger partial charge in [0.15, 0.2) is 0 Å². The van der Waals surface area contributed by atoms with Gasteiger partial charge >= 0.3 is 6.03 Å². The molecule has 0 spiro atoms. The molecule has 1 heterocycles. The smallest absolute Gasteiger partial charge is 0.315 e. The van der Waals surface area contributed by atoms with Gasteiger partial charge in [0, 0.05) is 26.2 Å². The number of ether oxygens (including phenoxy) is 1. The SMILES string of the molecule is COC1CNCC1NC(=O)NC1CC1. The molecule has 5 heteroatoms. The first kappa shape index (κ1) is 9.73. The van der Waals surface area contributed by atoms with E-state index in [0.29, 0.717) is 6.04 Å². The second-order valence-corrected chi connectivity index (χ2v) is 3.93. The van der Waals surface area contributed by atoms with Crippen molar-refractivity contribution in [3.05, 3.63) is 0 Å². The molecule has 3 N–H and O–H groups in total. The third-order valence-electron chi connectivity index (χ3n) is 2.69. The summed E-state index contributed by atoms with van der Waals surface area (Å²) in [5.74, 6) is 0. The van der Waals surface area contributed by atoms with E-state index in [0.717, 1.165) is 25.9 Å². The highest BCUT2D eigenvalue weighted by Gasteiger charge is 2.30. The monoisotopic (exact) mass is 199 g/mol. The predicted octanol–water partition coefficient (Wildman–Crippen LogP) is -0.565. The minimum atomic E-state index is -0.0664. The van der Waals surface area contributed by atoms with Gasteiger partial charge in [-0.1, -0.05) is 0 Å². The molecule has 0 radical (unpaired) electrons. The summed E-state index contributed by atoms with van der Waals surface area (Å²) in [5.41, 5.74) is 0. The number of hydrogen-bond donors (Lipinski definition) is 3. The Morgan fingerprint density at radius 3 is 2.79 bits per heavy atom. The summed E-state index contributed by atoms with van der Waals surface area (Å²) in [6.45, 7) is 1.60. The molecule has 1 saturated heterocycles. The van der Waals surface area contributed by atoms with Crippen LogP contribution in [0.5, 0.6) is 0 Å². The topological polar surface area (TPSA) is 62.4 Å². The summed E-state index contributed by atoms with van der Waals surface area (Å²) < 4.78 is 5.24. The Hall–Kier alpha value is -0.810. The van der Waals surface area contributed by atoms with Crippen LogP contribution in [0.2, 0.25) is 0 Å². The maximum atomic E-state index is 11.4. The number of rotatable bonds is 3. The molecule has 2 unspecified atom stereocenters. The number of urea groups is 1. The largest absolute Gasteiger partial charge is 0.378 e. The zero-order valence-electron chi connectivity index (χ0n) is 8.38. The van der Waals surface area contributed by atoms with Crippen LogP contribution >= 0.6 is 0 Å². The summed E-state index contributed by atoms with van der Waals surface area (Å²) in [6, 6.07) is 0.437. The molecule has 2 atom stereocenters. The van der Waals surface area contributed by atoms with Gasteiger partial charge in [0.1, 0.15) is 0 Å². The molecule has 1 saturated carbocycles. The van der Waals surface area contributed by atoms with Gasteiger partial charge in [-0.15, -0.1) is 0 Å². The molecule has 2 rings (SSSR count). The van der Waals surface area contributed by atoms with Crippen molar-refractivity contribution in [1.29, 1.82) is 0 Å². The van der Waals surface area contributed by atoms with Crippen LogP contribution in [0.25, 0.3) is 0 Å². The zero-order valence-corrected chi connectivity index (χ0v) is 8.38. The normalized spacial score (nSPS) is 31.5. The number of methoxy groups -OCH3 is 1. The Morgan fingerprint density at radius 2 is 2.14 bits per heavy atom. The molecule has 2 fully saturated rings. The first-order chi connectivity index (χ1) is 6.79. The Balaban J connectivity index is 1.74. The molecule has 1 aliphatic carbocycles. The predicted molar refractivity (Wildman–Crippen MR) is 52.1 cm³/mol. The molecule has 0 aromatic heterocycles. The number of hydrogen-bond acceptors (Lipinski definition) is 3. The van der Waals surface area contributed by atoms with E-state index in [9.17, 15) is 4.79 Å². The highest BCUT2D eigenvalue weighted by Crippen LogP contribution is 2.18. The van der Waals surface area contributed by atoms with E-state index in [4.69, 9.17) is 4.74 Å². The minimum Gasteiger partial charge on any atom is -0.378 e. The first-order valence-electron chi connectivity index (χ1n) is 5.10. The van der Waals surface area contributed by atoms with Crippen molar-refractivity contribution in [2.75, 3.05) is 20.2 Å². The second kappa shape index (κ2) is 4.14. The number of carbonyl (C=O) groups excluding carboxylic acids is 1. The number of carbonyl (C=O) groups is 1. The molecule has 14 heavy (non-hydrogen) atoms. The van der Waals surface area contributed by atoms with Crippen LogP contribution in [0, 0.1) is 0 Å². The van der Waals surface area contributed by atoms with Crippen LogP contribution < -0.4 is 16.0 Å². The van der Waals surface area contributed by atoms with Gasteiger partial charge in [-0.25, -0.2) is 4.79 Å². The third kappa shape index (κ3) is 2.36. The molecule has 2 amide bonds. The molecular weight excluding hydrogens is 182 g/mol. The molecule has 0 aromatic carbocycles. The van der Waals surface area contributed by atoms with Gasteiger partial charge in [-0.2, -0.15) is 0 Å². The van der Waals surface area contributed by atoms with E-state index in [1.165, 1.54) is 0 Å². The summed E-state index contributed by atoms with van der Waals surface area (Å²) in [4.78, 5) is 11.4. The summed E-state index contributed by atoms with van der Waals surface area (Å²) in [5, 5.41) is 8.99. The van der Waals surface area contributed by atoms with E-state index in [2.05, 4.69) is 16.0 Å². The Bertz CT molecular complexity index is 218. The Kier molecular flexibility index (Phi) is 2.88. The fourth-order valence-corrected chi connectivity index (χ4v) is 1.67. The van der Waals surface area contributed by atoms with Gasteiger partial charge in [0.25, 0.3) is 0 Å². The van der Waals surface area contributed by atoms with Crippen LogP contribution in [0.1, 0.15) is 12.8 Å². The van der Waals surface area contributed by atoms with Gasteiger partial charge < -0.3 is 20.7 Å². The fraction of sp³-hybridized carbons (Fsp3) is 0.889. The molecule has 0 bridgehead atoms. The molecule has 1 aliphatic heterocycles. The lowest BCUT2D eigenvalue weighted by molar-refractivity contribution is 0.0983. The average Bonchev–Trinajstić information content (AvgIpc) is 2.84. The molecule has 5 nitrogen and oxygen atoms in total. The molecule has 0 aromatic rings. The van der Waals surface area contributed by atoms with Crippen LogP contribution in [0.4, 0.5) is 4.79 Å². The number of nitrogens with one attached hydrogen (secondary N) is 3. The van der Waals surface area contributed by atoms with Crippen molar-refractivity contribution >= 4 is 6.03 Å². The van der Waals surface area contributed by atoms with Crippen LogP contribution in [0.3, 0.4) is 0 Å². The highest BCUT2D eigenvalue weighted by atomic mass is 16.5. The lowest BCUT2D eigenvalue weighted by Gasteiger charge is -2.18. The lowest BCUT2D eigenvalue weighted by atomic mass is 10.2. The highest BCUT2D eigenvalue weighted by molar-refractivity contribution is 5.75. The maximum Gasteiger partial charge on any atom is 0.315 e.